The first-order valence-corrected chi connectivity index (χ1v) is 6.28. The van der Waals surface area contributed by atoms with E-state index in [9.17, 15) is 9.90 Å². The molecule has 0 saturated carbocycles. The van der Waals surface area contributed by atoms with Crippen molar-refractivity contribution in [1.82, 2.24) is 10.6 Å². The molecule has 0 aromatic carbocycles. The molecular weight excluding hydrogens is 220 g/mol. The number of rotatable bonds is 9. The average molecular weight is 246 g/mol. The predicted octanol–water partition coefficient (Wildman–Crippen LogP) is 0.277. The van der Waals surface area contributed by atoms with Crippen LogP contribution >= 0.6 is 0 Å². The number of carbonyl (C=O) groups excluding carboxylic acids is 1. The second-order valence-corrected chi connectivity index (χ2v) is 4.46. The van der Waals surface area contributed by atoms with Crippen LogP contribution in [0.4, 0.5) is 0 Å². The highest BCUT2D eigenvalue weighted by Gasteiger charge is 2.13. The van der Waals surface area contributed by atoms with Crippen LogP contribution < -0.4 is 10.6 Å². The molecule has 0 aliphatic heterocycles. The summed E-state index contributed by atoms with van der Waals surface area (Å²) >= 11 is 0. The van der Waals surface area contributed by atoms with Gasteiger partial charge in [-0.1, -0.05) is 6.92 Å². The van der Waals surface area contributed by atoms with Crippen LogP contribution in [0, 0.1) is 0 Å². The lowest BCUT2D eigenvalue weighted by Gasteiger charge is -2.17. The summed E-state index contributed by atoms with van der Waals surface area (Å²) in [6, 6.07) is -0.296. The van der Waals surface area contributed by atoms with Gasteiger partial charge in [-0.3, -0.25) is 4.79 Å². The monoisotopic (exact) mass is 246 g/mol. The summed E-state index contributed by atoms with van der Waals surface area (Å²) < 4.78 is 5.27. The quantitative estimate of drug-likeness (QED) is 0.546. The number of aliphatic hydroxyl groups excluding tert-OH is 1. The summed E-state index contributed by atoms with van der Waals surface area (Å²) in [5.41, 5.74) is 0. The van der Waals surface area contributed by atoms with Crippen molar-refractivity contribution in [1.29, 1.82) is 0 Å². The molecule has 2 unspecified atom stereocenters. The zero-order chi connectivity index (χ0) is 13.3. The van der Waals surface area contributed by atoms with Gasteiger partial charge in [0, 0.05) is 13.1 Å². The van der Waals surface area contributed by atoms with Crippen molar-refractivity contribution >= 4 is 5.91 Å². The van der Waals surface area contributed by atoms with E-state index >= 15 is 0 Å². The smallest absolute Gasteiger partial charge is 0.236 e. The Morgan fingerprint density at radius 1 is 1.35 bits per heavy atom. The Morgan fingerprint density at radius 2 is 2.00 bits per heavy atom. The van der Waals surface area contributed by atoms with Gasteiger partial charge in [-0.2, -0.15) is 0 Å². The summed E-state index contributed by atoms with van der Waals surface area (Å²) in [7, 11) is 0. The molecule has 0 saturated heterocycles. The van der Waals surface area contributed by atoms with Gasteiger partial charge in [-0.15, -0.1) is 0 Å². The molecule has 17 heavy (non-hydrogen) atoms. The predicted molar refractivity (Wildman–Crippen MR) is 67.9 cm³/mol. The summed E-state index contributed by atoms with van der Waals surface area (Å²) in [4.78, 5) is 11.5. The molecule has 0 aromatic heterocycles. The van der Waals surface area contributed by atoms with Gasteiger partial charge in [0.2, 0.25) is 5.91 Å². The van der Waals surface area contributed by atoms with Crippen LogP contribution in [0.5, 0.6) is 0 Å². The van der Waals surface area contributed by atoms with E-state index in [0.29, 0.717) is 13.1 Å². The molecule has 2 atom stereocenters. The van der Waals surface area contributed by atoms with Crippen LogP contribution in [0.15, 0.2) is 0 Å². The summed E-state index contributed by atoms with van der Waals surface area (Å²) in [6.07, 6.45) is 0.442. The average Bonchev–Trinajstić information content (AvgIpc) is 2.30. The fourth-order valence-corrected chi connectivity index (χ4v) is 1.17. The topological polar surface area (TPSA) is 70.6 Å². The number of carbonyl (C=O) groups is 1. The van der Waals surface area contributed by atoms with Crippen molar-refractivity contribution in [3.05, 3.63) is 0 Å². The molecule has 0 spiro atoms. The molecule has 0 aliphatic carbocycles. The highest BCUT2D eigenvalue weighted by molar-refractivity contribution is 5.81. The lowest BCUT2D eigenvalue weighted by molar-refractivity contribution is -0.122. The first-order valence-electron chi connectivity index (χ1n) is 6.28. The molecule has 0 fully saturated rings. The third-order valence-electron chi connectivity index (χ3n) is 2.22. The minimum absolute atomic E-state index is 0.0381. The molecule has 0 aliphatic rings. The van der Waals surface area contributed by atoms with Crippen LogP contribution in [0.2, 0.25) is 0 Å². The lowest BCUT2D eigenvalue weighted by Crippen LogP contribution is -2.45. The Morgan fingerprint density at radius 3 is 2.53 bits per heavy atom. The van der Waals surface area contributed by atoms with E-state index in [1.54, 1.807) is 6.92 Å². The summed E-state index contributed by atoms with van der Waals surface area (Å²) in [5, 5.41) is 15.4. The van der Waals surface area contributed by atoms with Crippen LogP contribution in [0.1, 0.15) is 34.1 Å². The molecule has 0 heterocycles. The van der Waals surface area contributed by atoms with Crippen molar-refractivity contribution in [3.8, 4) is 0 Å². The van der Waals surface area contributed by atoms with Gasteiger partial charge in [0.1, 0.15) is 0 Å². The zero-order valence-electron chi connectivity index (χ0n) is 11.3. The Balaban J connectivity index is 3.67. The molecule has 0 rings (SSSR count). The molecular formula is C12H26N2O3. The standard InChI is InChI=1S/C12H26N2O3/c1-5-6-13-12(16)10(4)14-7-11(15)8-17-9(2)3/h9-11,14-15H,5-8H2,1-4H3,(H,13,16). The first kappa shape index (κ1) is 16.4. The number of amides is 1. The SMILES string of the molecule is CCCNC(=O)C(C)NCC(O)COC(C)C. The minimum atomic E-state index is -0.584. The first-order chi connectivity index (χ1) is 7.97. The van der Waals surface area contributed by atoms with Crippen molar-refractivity contribution in [3.63, 3.8) is 0 Å². The largest absolute Gasteiger partial charge is 0.389 e. The van der Waals surface area contributed by atoms with E-state index in [4.69, 9.17) is 4.74 Å². The van der Waals surface area contributed by atoms with Crippen molar-refractivity contribution < 1.29 is 14.6 Å². The molecule has 0 bridgehead atoms. The van der Waals surface area contributed by atoms with Gasteiger partial charge in [-0.05, 0) is 27.2 Å². The van der Waals surface area contributed by atoms with Gasteiger partial charge in [0.05, 0.1) is 24.9 Å². The minimum Gasteiger partial charge on any atom is -0.389 e. The Kier molecular flexibility index (Phi) is 9.03. The zero-order valence-corrected chi connectivity index (χ0v) is 11.3. The maximum atomic E-state index is 11.5. The van der Waals surface area contributed by atoms with E-state index in [1.165, 1.54) is 0 Å². The second-order valence-electron chi connectivity index (χ2n) is 4.46. The molecule has 0 aromatic rings. The van der Waals surface area contributed by atoms with Crippen molar-refractivity contribution in [2.45, 2.75) is 52.4 Å². The van der Waals surface area contributed by atoms with Gasteiger partial charge in [0.15, 0.2) is 0 Å². The Hall–Kier alpha value is -0.650. The molecule has 5 nitrogen and oxygen atoms in total. The number of ether oxygens (including phenoxy) is 1. The maximum Gasteiger partial charge on any atom is 0.236 e. The normalized spacial score (nSPS) is 14.7. The number of hydrogen-bond acceptors (Lipinski definition) is 4. The number of aliphatic hydroxyl groups is 1. The second kappa shape index (κ2) is 9.39. The third kappa shape index (κ3) is 9.09. The van der Waals surface area contributed by atoms with Crippen molar-refractivity contribution in [2.75, 3.05) is 19.7 Å². The van der Waals surface area contributed by atoms with Gasteiger partial charge >= 0.3 is 0 Å². The lowest BCUT2D eigenvalue weighted by atomic mass is 10.2. The molecule has 0 radical (unpaired) electrons. The molecule has 102 valence electrons. The van der Waals surface area contributed by atoms with Crippen LogP contribution in [0.25, 0.3) is 0 Å². The van der Waals surface area contributed by atoms with Gasteiger partial charge in [-0.25, -0.2) is 0 Å². The molecule has 5 heteroatoms. The molecule has 1 amide bonds. The van der Waals surface area contributed by atoms with E-state index < -0.39 is 6.10 Å². The third-order valence-corrected chi connectivity index (χ3v) is 2.22. The fourth-order valence-electron chi connectivity index (χ4n) is 1.17. The Bertz CT molecular complexity index is 210. The fraction of sp³-hybridized carbons (Fsp3) is 0.917. The van der Waals surface area contributed by atoms with E-state index in [-0.39, 0.29) is 24.7 Å². The number of hydrogen-bond donors (Lipinski definition) is 3. The van der Waals surface area contributed by atoms with E-state index in [2.05, 4.69) is 10.6 Å². The van der Waals surface area contributed by atoms with E-state index in [1.807, 2.05) is 20.8 Å². The summed E-state index contributed by atoms with van der Waals surface area (Å²) in [5.74, 6) is -0.0381. The Labute approximate surface area is 104 Å². The van der Waals surface area contributed by atoms with Crippen LogP contribution in [0.3, 0.4) is 0 Å². The van der Waals surface area contributed by atoms with Crippen LogP contribution in [-0.2, 0) is 9.53 Å². The van der Waals surface area contributed by atoms with Gasteiger partial charge in [0.25, 0.3) is 0 Å². The highest BCUT2D eigenvalue weighted by Crippen LogP contribution is 1.92. The number of nitrogens with one attached hydrogen (secondary N) is 2. The molecule has 3 N–H and O–H groups in total. The van der Waals surface area contributed by atoms with Crippen LogP contribution in [-0.4, -0.2) is 49.0 Å². The van der Waals surface area contributed by atoms with Crippen molar-refractivity contribution in [2.24, 2.45) is 0 Å². The highest BCUT2D eigenvalue weighted by atomic mass is 16.5. The summed E-state index contributed by atoms with van der Waals surface area (Å²) in [6.45, 7) is 8.94. The van der Waals surface area contributed by atoms with E-state index in [0.717, 1.165) is 6.42 Å². The maximum absolute atomic E-state index is 11.5. The van der Waals surface area contributed by atoms with Gasteiger partial charge < -0.3 is 20.5 Å².